The van der Waals surface area contributed by atoms with Gasteiger partial charge in [0.2, 0.25) is 5.91 Å². The SMILES string of the molecule is COc1ccc(CNC(=O)C2(N)CCCCC2)cc1OC. The third kappa shape index (κ3) is 3.67. The van der Waals surface area contributed by atoms with Gasteiger partial charge in [0.15, 0.2) is 11.5 Å². The van der Waals surface area contributed by atoms with Gasteiger partial charge < -0.3 is 20.5 Å². The van der Waals surface area contributed by atoms with E-state index in [1.165, 1.54) is 6.42 Å². The summed E-state index contributed by atoms with van der Waals surface area (Å²) in [6.45, 7) is 0.443. The molecule has 0 unspecified atom stereocenters. The molecule has 1 aliphatic rings. The van der Waals surface area contributed by atoms with Crippen LogP contribution in [0.25, 0.3) is 0 Å². The van der Waals surface area contributed by atoms with Crippen molar-refractivity contribution in [1.82, 2.24) is 5.32 Å². The molecule has 1 aromatic carbocycles. The van der Waals surface area contributed by atoms with Crippen molar-refractivity contribution in [3.63, 3.8) is 0 Å². The van der Waals surface area contributed by atoms with Crippen LogP contribution in [-0.2, 0) is 11.3 Å². The van der Waals surface area contributed by atoms with Gasteiger partial charge in [-0.05, 0) is 30.5 Å². The molecule has 0 bridgehead atoms. The molecule has 1 aromatic rings. The summed E-state index contributed by atoms with van der Waals surface area (Å²) in [5.41, 5.74) is 6.47. The number of amides is 1. The second-order valence-corrected chi connectivity index (χ2v) is 5.59. The Hall–Kier alpha value is -1.75. The number of hydrogen-bond donors (Lipinski definition) is 2. The number of rotatable bonds is 5. The van der Waals surface area contributed by atoms with E-state index in [1.807, 2.05) is 18.2 Å². The quantitative estimate of drug-likeness (QED) is 0.870. The number of ether oxygens (including phenoxy) is 2. The maximum Gasteiger partial charge on any atom is 0.240 e. The predicted octanol–water partition coefficient (Wildman–Crippen LogP) is 1.98. The second-order valence-electron chi connectivity index (χ2n) is 5.59. The van der Waals surface area contributed by atoms with Crippen LogP contribution in [0.4, 0.5) is 0 Å². The van der Waals surface area contributed by atoms with Crippen molar-refractivity contribution in [1.29, 1.82) is 0 Å². The summed E-state index contributed by atoms with van der Waals surface area (Å²) in [5.74, 6) is 1.27. The van der Waals surface area contributed by atoms with E-state index in [2.05, 4.69) is 5.32 Å². The molecule has 3 N–H and O–H groups in total. The van der Waals surface area contributed by atoms with E-state index in [4.69, 9.17) is 15.2 Å². The number of methoxy groups -OCH3 is 2. The third-order valence-corrected chi connectivity index (χ3v) is 4.10. The lowest BCUT2D eigenvalue weighted by Gasteiger charge is -2.31. The standard InChI is InChI=1S/C16H24N2O3/c1-20-13-7-6-12(10-14(13)21-2)11-18-15(19)16(17)8-4-3-5-9-16/h6-7,10H,3-5,8-9,11,17H2,1-2H3,(H,18,19). The zero-order chi connectivity index (χ0) is 15.3. The molecule has 0 atom stereocenters. The van der Waals surface area contributed by atoms with E-state index >= 15 is 0 Å². The Morgan fingerprint density at radius 1 is 1.19 bits per heavy atom. The molecule has 0 heterocycles. The molecule has 21 heavy (non-hydrogen) atoms. The van der Waals surface area contributed by atoms with Crippen molar-refractivity contribution in [2.24, 2.45) is 5.73 Å². The van der Waals surface area contributed by atoms with E-state index in [-0.39, 0.29) is 5.91 Å². The topological polar surface area (TPSA) is 73.6 Å². The van der Waals surface area contributed by atoms with Crippen LogP contribution in [0.15, 0.2) is 18.2 Å². The van der Waals surface area contributed by atoms with Crippen molar-refractivity contribution in [2.45, 2.75) is 44.2 Å². The monoisotopic (exact) mass is 292 g/mol. The van der Waals surface area contributed by atoms with Gasteiger partial charge in [-0.3, -0.25) is 4.79 Å². The van der Waals surface area contributed by atoms with Crippen LogP contribution in [0.1, 0.15) is 37.7 Å². The highest BCUT2D eigenvalue weighted by molar-refractivity contribution is 5.86. The lowest BCUT2D eigenvalue weighted by atomic mass is 9.82. The van der Waals surface area contributed by atoms with Crippen LogP contribution in [-0.4, -0.2) is 25.7 Å². The first kappa shape index (κ1) is 15.6. The van der Waals surface area contributed by atoms with E-state index in [9.17, 15) is 4.79 Å². The van der Waals surface area contributed by atoms with Gasteiger partial charge in [0.1, 0.15) is 0 Å². The Labute approximate surface area is 125 Å². The largest absolute Gasteiger partial charge is 0.493 e. The zero-order valence-electron chi connectivity index (χ0n) is 12.8. The highest BCUT2D eigenvalue weighted by Crippen LogP contribution is 2.28. The first-order valence-corrected chi connectivity index (χ1v) is 7.37. The highest BCUT2D eigenvalue weighted by atomic mass is 16.5. The van der Waals surface area contributed by atoms with Gasteiger partial charge in [-0.25, -0.2) is 0 Å². The second kappa shape index (κ2) is 6.80. The zero-order valence-corrected chi connectivity index (χ0v) is 12.8. The average Bonchev–Trinajstić information content (AvgIpc) is 2.52. The summed E-state index contributed by atoms with van der Waals surface area (Å²) >= 11 is 0. The van der Waals surface area contributed by atoms with Crippen molar-refractivity contribution >= 4 is 5.91 Å². The van der Waals surface area contributed by atoms with Crippen molar-refractivity contribution in [3.8, 4) is 11.5 Å². The third-order valence-electron chi connectivity index (χ3n) is 4.10. The number of nitrogens with two attached hydrogens (primary N) is 1. The molecule has 116 valence electrons. The summed E-state index contributed by atoms with van der Waals surface area (Å²) < 4.78 is 10.5. The highest BCUT2D eigenvalue weighted by Gasteiger charge is 2.34. The molecule has 1 aliphatic carbocycles. The molecule has 1 saturated carbocycles. The predicted molar refractivity (Wildman–Crippen MR) is 81.4 cm³/mol. The van der Waals surface area contributed by atoms with E-state index in [0.717, 1.165) is 31.2 Å². The fourth-order valence-electron chi connectivity index (χ4n) is 2.76. The Morgan fingerprint density at radius 3 is 2.48 bits per heavy atom. The van der Waals surface area contributed by atoms with E-state index in [0.29, 0.717) is 18.0 Å². The average molecular weight is 292 g/mol. The van der Waals surface area contributed by atoms with E-state index in [1.54, 1.807) is 14.2 Å². The van der Waals surface area contributed by atoms with Gasteiger partial charge in [-0.2, -0.15) is 0 Å². The Kier molecular flexibility index (Phi) is 5.07. The summed E-state index contributed by atoms with van der Waals surface area (Å²) in [7, 11) is 3.19. The van der Waals surface area contributed by atoms with Crippen molar-refractivity contribution in [3.05, 3.63) is 23.8 Å². The molecule has 1 amide bonds. The molecule has 0 aliphatic heterocycles. The minimum atomic E-state index is -0.700. The van der Waals surface area contributed by atoms with Gasteiger partial charge in [0.05, 0.1) is 19.8 Å². The summed E-state index contributed by atoms with van der Waals surface area (Å²) in [4.78, 5) is 12.3. The minimum absolute atomic E-state index is 0.0583. The van der Waals surface area contributed by atoms with Crippen LogP contribution >= 0.6 is 0 Å². The van der Waals surface area contributed by atoms with Gasteiger partial charge >= 0.3 is 0 Å². The number of carbonyl (C=O) groups is 1. The molecule has 2 rings (SSSR count). The summed E-state index contributed by atoms with van der Waals surface area (Å²) in [5, 5.41) is 2.94. The van der Waals surface area contributed by atoms with Crippen molar-refractivity contribution < 1.29 is 14.3 Å². The Morgan fingerprint density at radius 2 is 1.86 bits per heavy atom. The van der Waals surface area contributed by atoms with Crippen molar-refractivity contribution in [2.75, 3.05) is 14.2 Å². The molecule has 0 radical (unpaired) electrons. The molecule has 5 nitrogen and oxygen atoms in total. The normalized spacial score (nSPS) is 17.1. The molecule has 0 aromatic heterocycles. The lowest BCUT2D eigenvalue weighted by Crippen LogP contribution is -2.54. The molecular formula is C16H24N2O3. The summed E-state index contributed by atoms with van der Waals surface area (Å²) in [6.07, 6.45) is 4.76. The van der Waals surface area contributed by atoms with Crippen LogP contribution in [0.2, 0.25) is 0 Å². The fraction of sp³-hybridized carbons (Fsp3) is 0.562. The van der Waals surface area contributed by atoms with Gasteiger partial charge in [0.25, 0.3) is 0 Å². The smallest absolute Gasteiger partial charge is 0.240 e. The minimum Gasteiger partial charge on any atom is -0.493 e. The van der Waals surface area contributed by atoms with Crippen LogP contribution < -0.4 is 20.5 Å². The molecule has 0 spiro atoms. The van der Waals surface area contributed by atoms with Crippen LogP contribution in [0.3, 0.4) is 0 Å². The maximum atomic E-state index is 12.3. The molecule has 1 fully saturated rings. The molecule has 5 heteroatoms. The first-order chi connectivity index (χ1) is 10.1. The van der Waals surface area contributed by atoms with Gasteiger partial charge in [0, 0.05) is 6.54 Å². The van der Waals surface area contributed by atoms with Crippen LogP contribution in [0, 0.1) is 0 Å². The Bertz CT molecular complexity index is 496. The number of hydrogen-bond acceptors (Lipinski definition) is 4. The lowest BCUT2D eigenvalue weighted by molar-refractivity contribution is -0.127. The molecule has 0 saturated heterocycles. The summed E-state index contributed by atoms with van der Waals surface area (Å²) in [6, 6.07) is 5.61. The number of carbonyl (C=O) groups excluding carboxylic acids is 1. The van der Waals surface area contributed by atoms with Gasteiger partial charge in [-0.15, -0.1) is 0 Å². The fourth-order valence-corrected chi connectivity index (χ4v) is 2.76. The first-order valence-electron chi connectivity index (χ1n) is 7.37. The Balaban J connectivity index is 1.97. The molecular weight excluding hydrogens is 268 g/mol. The number of nitrogens with one attached hydrogen (secondary N) is 1. The number of benzene rings is 1. The van der Waals surface area contributed by atoms with Crippen LogP contribution in [0.5, 0.6) is 11.5 Å². The maximum absolute atomic E-state index is 12.3. The van der Waals surface area contributed by atoms with Gasteiger partial charge in [-0.1, -0.05) is 25.3 Å². The van der Waals surface area contributed by atoms with E-state index < -0.39 is 5.54 Å².